The van der Waals surface area contributed by atoms with Gasteiger partial charge in [-0.15, -0.1) is 0 Å². The molecule has 0 saturated heterocycles. The lowest BCUT2D eigenvalue weighted by Gasteiger charge is -2.04. The molecule has 2 aromatic heterocycles. The highest BCUT2D eigenvalue weighted by Gasteiger charge is 2.14. The molecule has 0 aliphatic rings. The molecule has 0 fully saturated rings. The Labute approximate surface area is 126 Å². The van der Waals surface area contributed by atoms with Gasteiger partial charge in [-0.1, -0.05) is 11.2 Å². The maximum Gasteiger partial charge on any atom is 0.338 e. The largest absolute Gasteiger partial charge is 0.465 e. The summed E-state index contributed by atoms with van der Waals surface area (Å²) >= 11 is 0. The van der Waals surface area contributed by atoms with Crippen LogP contribution in [-0.2, 0) is 4.74 Å². The molecule has 0 saturated carbocycles. The molecule has 3 aromatic rings. The quantitative estimate of drug-likeness (QED) is 0.691. The summed E-state index contributed by atoms with van der Waals surface area (Å²) in [5.41, 5.74) is 2.83. The van der Waals surface area contributed by atoms with Gasteiger partial charge in [0.25, 0.3) is 5.89 Å². The van der Waals surface area contributed by atoms with Crippen molar-refractivity contribution in [2.45, 2.75) is 6.92 Å². The van der Waals surface area contributed by atoms with Crippen LogP contribution >= 0.6 is 0 Å². The first-order valence-electron chi connectivity index (χ1n) is 6.62. The maximum absolute atomic E-state index is 11.6. The molecule has 6 heteroatoms. The Morgan fingerprint density at radius 1 is 1.23 bits per heavy atom. The molecule has 0 unspecified atom stereocenters. The number of aryl methyl sites for hydroxylation is 1. The highest BCUT2D eigenvalue weighted by Crippen LogP contribution is 2.23. The van der Waals surface area contributed by atoms with Crippen molar-refractivity contribution in [2.24, 2.45) is 0 Å². The van der Waals surface area contributed by atoms with E-state index < -0.39 is 0 Å². The van der Waals surface area contributed by atoms with Crippen LogP contribution in [0, 0.1) is 6.92 Å². The van der Waals surface area contributed by atoms with Gasteiger partial charge in [-0.05, 0) is 36.8 Å². The van der Waals surface area contributed by atoms with Gasteiger partial charge in [0.2, 0.25) is 5.82 Å². The lowest BCUT2D eigenvalue weighted by atomic mass is 10.0. The fourth-order valence-corrected chi connectivity index (χ4v) is 2.09. The van der Waals surface area contributed by atoms with E-state index in [2.05, 4.69) is 15.1 Å². The van der Waals surface area contributed by atoms with Gasteiger partial charge in [0.05, 0.1) is 18.2 Å². The second-order valence-electron chi connectivity index (χ2n) is 4.69. The number of hydrogen-bond donors (Lipinski definition) is 0. The normalized spacial score (nSPS) is 10.5. The van der Waals surface area contributed by atoms with Gasteiger partial charge < -0.3 is 9.26 Å². The van der Waals surface area contributed by atoms with Gasteiger partial charge in [0.15, 0.2) is 0 Å². The topological polar surface area (TPSA) is 78.1 Å². The minimum atomic E-state index is -0.367. The first kappa shape index (κ1) is 13.9. The summed E-state index contributed by atoms with van der Waals surface area (Å²) < 4.78 is 9.98. The Balaban J connectivity index is 1.94. The molecule has 6 nitrogen and oxygen atoms in total. The molecule has 0 amide bonds. The zero-order valence-corrected chi connectivity index (χ0v) is 12.1. The predicted octanol–water partition coefficient (Wildman–Crippen LogP) is 2.89. The van der Waals surface area contributed by atoms with E-state index in [1.165, 1.54) is 7.11 Å². The molecule has 0 spiro atoms. The fourth-order valence-electron chi connectivity index (χ4n) is 2.09. The van der Waals surface area contributed by atoms with E-state index in [4.69, 9.17) is 9.26 Å². The van der Waals surface area contributed by atoms with E-state index in [9.17, 15) is 4.79 Å². The average Bonchev–Trinajstić information content (AvgIpc) is 3.05. The third-order valence-electron chi connectivity index (χ3n) is 3.22. The Morgan fingerprint density at radius 3 is 2.77 bits per heavy atom. The van der Waals surface area contributed by atoms with E-state index >= 15 is 0 Å². The average molecular weight is 295 g/mol. The van der Waals surface area contributed by atoms with Gasteiger partial charge in [-0.25, -0.2) is 4.79 Å². The zero-order valence-electron chi connectivity index (χ0n) is 12.1. The van der Waals surface area contributed by atoms with Gasteiger partial charge in [-0.3, -0.25) is 4.98 Å². The number of carbonyl (C=O) groups excluding carboxylic acids is 1. The molecule has 0 bridgehead atoms. The summed E-state index contributed by atoms with van der Waals surface area (Å²) in [4.78, 5) is 20.0. The molecule has 0 aliphatic carbocycles. The van der Waals surface area contributed by atoms with Gasteiger partial charge in [0.1, 0.15) is 0 Å². The third kappa shape index (κ3) is 2.58. The monoisotopic (exact) mass is 295 g/mol. The molecule has 110 valence electrons. The van der Waals surface area contributed by atoms with Gasteiger partial charge >= 0.3 is 5.97 Å². The lowest BCUT2D eigenvalue weighted by molar-refractivity contribution is 0.0600. The number of rotatable bonds is 3. The van der Waals surface area contributed by atoms with Crippen molar-refractivity contribution in [3.05, 3.63) is 53.9 Å². The molecule has 2 heterocycles. The van der Waals surface area contributed by atoms with Crippen molar-refractivity contribution in [2.75, 3.05) is 7.11 Å². The minimum Gasteiger partial charge on any atom is -0.465 e. The number of methoxy groups -OCH3 is 1. The highest BCUT2D eigenvalue weighted by atomic mass is 16.5. The maximum atomic E-state index is 11.6. The van der Waals surface area contributed by atoms with Crippen molar-refractivity contribution >= 4 is 5.97 Å². The first-order valence-corrected chi connectivity index (χ1v) is 6.62. The Bertz CT molecular complexity index is 813. The smallest absolute Gasteiger partial charge is 0.338 e. The van der Waals surface area contributed by atoms with Crippen LogP contribution in [0.1, 0.15) is 15.9 Å². The van der Waals surface area contributed by atoms with Crippen LogP contribution in [0.5, 0.6) is 0 Å². The summed E-state index contributed by atoms with van der Waals surface area (Å²) in [6.07, 6.45) is 3.33. The van der Waals surface area contributed by atoms with E-state index in [1.807, 2.05) is 19.1 Å². The Morgan fingerprint density at radius 2 is 2.09 bits per heavy atom. The SMILES string of the molecule is COC(=O)c1ccc(-c2noc(-c3cccnc3)n2)cc1C. The second-order valence-corrected chi connectivity index (χ2v) is 4.69. The van der Waals surface area contributed by atoms with Gasteiger partial charge in [0, 0.05) is 18.0 Å². The second kappa shape index (κ2) is 5.77. The molecular weight excluding hydrogens is 282 g/mol. The molecule has 1 aromatic carbocycles. The van der Waals surface area contributed by atoms with Crippen LogP contribution in [0.4, 0.5) is 0 Å². The lowest BCUT2D eigenvalue weighted by Crippen LogP contribution is -2.03. The predicted molar refractivity (Wildman–Crippen MR) is 79.0 cm³/mol. The number of nitrogens with zero attached hydrogens (tertiary/aromatic N) is 3. The van der Waals surface area contributed by atoms with Crippen LogP contribution < -0.4 is 0 Å². The summed E-state index contributed by atoms with van der Waals surface area (Å²) in [5.74, 6) is 0.490. The fraction of sp³-hybridized carbons (Fsp3) is 0.125. The molecule has 22 heavy (non-hydrogen) atoms. The summed E-state index contributed by atoms with van der Waals surface area (Å²) in [7, 11) is 1.36. The summed E-state index contributed by atoms with van der Waals surface area (Å²) in [5, 5.41) is 3.97. The zero-order chi connectivity index (χ0) is 15.5. The number of esters is 1. The van der Waals surface area contributed by atoms with Crippen molar-refractivity contribution in [3.8, 4) is 22.8 Å². The van der Waals surface area contributed by atoms with Crippen LogP contribution in [-0.4, -0.2) is 28.2 Å². The number of benzene rings is 1. The van der Waals surface area contributed by atoms with Crippen LogP contribution in [0.2, 0.25) is 0 Å². The summed E-state index contributed by atoms with van der Waals surface area (Å²) in [6, 6.07) is 8.92. The number of carbonyl (C=O) groups is 1. The van der Waals surface area contributed by atoms with E-state index in [0.29, 0.717) is 17.3 Å². The Hall–Kier alpha value is -3.02. The van der Waals surface area contributed by atoms with Crippen molar-refractivity contribution in [1.29, 1.82) is 0 Å². The highest BCUT2D eigenvalue weighted by molar-refractivity contribution is 5.91. The van der Waals surface area contributed by atoms with Crippen LogP contribution in [0.25, 0.3) is 22.8 Å². The molecular formula is C16H13N3O3. The molecule has 0 radical (unpaired) electrons. The van der Waals surface area contributed by atoms with Crippen LogP contribution in [0.15, 0.2) is 47.2 Å². The molecule has 0 N–H and O–H groups in total. The standard InChI is InChI=1S/C16H13N3O3/c1-10-8-11(5-6-13(10)16(20)21-2)14-18-15(22-19-14)12-4-3-7-17-9-12/h3-9H,1-2H3. The summed E-state index contributed by atoms with van der Waals surface area (Å²) in [6.45, 7) is 1.83. The molecule has 0 aliphatic heterocycles. The van der Waals surface area contributed by atoms with E-state index in [1.54, 1.807) is 30.6 Å². The molecule has 0 atom stereocenters. The molecule has 3 rings (SSSR count). The van der Waals surface area contributed by atoms with Crippen LogP contribution in [0.3, 0.4) is 0 Å². The number of ether oxygens (including phenoxy) is 1. The number of aromatic nitrogens is 3. The van der Waals surface area contributed by atoms with Crippen molar-refractivity contribution in [3.63, 3.8) is 0 Å². The van der Waals surface area contributed by atoms with E-state index in [-0.39, 0.29) is 5.97 Å². The number of pyridine rings is 1. The van der Waals surface area contributed by atoms with Gasteiger partial charge in [-0.2, -0.15) is 4.98 Å². The van der Waals surface area contributed by atoms with E-state index in [0.717, 1.165) is 16.7 Å². The third-order valence-corrected chi connectivity index (χ3v) is 3.22. The Kier molecular flexibility index (Phi) is 3.65. The van der Waals surface area contributed by atoms with Crippen molar-refractivity contribution < 1.29 is 14.1 Å². The minimum absolute atomic E-state index is 0.367. The number of hydrogen-bond acceptors (Lipinski definition) is 6. The first-order chi connectivity index (χ1) is 10.7. The van der Waals surface area contributed by atoms with Crippen molar-refractivity contribution in [1.82, 2.24) is 15.1 Å².